The van der Waals surface area contributed by atoms with E-state index in [0.29, 0.717) is 19.0 Å². The van der Waals surface area contributed by atoms with Gasteiger partial charge in [0.1, 0.15) is 11.3 Å². The highest BCUT2D eigenvalue weighted by molar-refractivity contribution is 5.90. The Hall–Kier alpha value is -2.33. The lowest BCUT2D eigenvalue weighted by Crippen LogP contribution is -2.04. The summed E-state index contributed by atoms with van der Waals surface area (Å²) in [5.41, 5.74) is 1.41. The molecule has 0 fully saturated rings. The molecule has 2 rings (SSSR count). The predicted octanol–water partition coefficient (Wildman–Crippen LogP) is 4.54. The first-order valence-corrected chi connectivity index (χ1v) is 8.34. The Bertz CT molecular complexity index is 610. The van der Waals surface area contributed by atoms with Crippen molar-refractivity contribution in [2.75, 3.05) is 13.2 Å². The molecule has 1 N–H and O–H groups in total. The van der Waals surface area contributed by atoms with Gasteiger partial charge in [0.2, 0.25) is 0 Å². The van der Waals surface area contributed by atoms with Crippen LogP contribution in [0.1, 0.15) is 41.6 Å². The molecule has 0 heterocycles. The van der Waals surface area contributed by atoms with Crippen molar-refractivity contribution in [2.24, 2.45) is 0 Å². The molecule has 2 aromatic carbocycles. The number of rotatable bonds is 11. The fourth-order valence-corrected chi connectivity index (χ4v) is 2.38. The zero-order valence-corrected chi connectivity index (χ0v) is 13.8. The first-order valence-electron chi connectivity index (χ1n) is 8.34. The van der Waals surface area contributed by atoms with E-state index in [1.165, 1.54) is 5.56 Å². The molecule has 0 spiro atoms. The SMILES string of the molecule is O=C(O)c1ccccc1OCCCCCCOCc1ccccc1. The molecule has 0 aliphatic rings. The second-order valence-corrected chi connectivity index (χ2v) is 5.60. The van der Waals surface area contributed by atoms with E-state index in [4.69, 9.17) is 14.6 Å². The lowest BCUT2D eigenvalue weighted by molar-refractivity contribution is 0.0692. The lowest BCUT2D eigenvalue weighted by atomic mass is 10.2. The summed E-state index contributed by atoms with van der Waals surface area (Å²) in [6.07, 6.45) is 4.06. The molecule has 4 nitrogen and oxygen atoms in total. The predicted molar refractivity (Wildman–Crippen MR) is 93.5 cm³/mol. The first kappa shape index (κ1) is 18.0. The third-order valence-electron chi connectivity index (χ3n) is 3.67. The zero-order valence-electron chi connectivity index (χ0n) is 13.8. The summed E-state index contributed by atoms with van der Waals surface area (Å²) in [4.78, 5) is 11.1. The standard InChI is InChI=1S/C20H24O4/c21-20(22)18-12-6-7-13-19(18)24-15-9-2-1-8-14-23-16-17-10-4-3-5-11-17/h3-7,10-13H,1-2,8-9,14-16H2,(H,21,22). The van der Waals surface area contributed by atoms with Gasteiger partial charge in [0, 0.05) is 6.61 Å². The van der Waals surface area contributed by atoms with Gasteiger partial charge in [-0.05, 0) is 37.0 Å². The number of aromatic carboxylic acids is 1. The Labute approximate surface area is 143 Å². The Morgan fingerprint density at radius 3 is 2.25 bits per heavy atom. The second-order valence-electron chi connectivity index (χ2n) is 5.60. The fourth-order valence-electron chi connectivity index (χ4n) is 2.38. The van der Waals surface area contributed by atoms with Crippen LogP contribution in [0.2, 0.25) is 0 Å². The minimum Gasteiger partial charge on any atom is -0.493 e. The fraction of sp³-hybridized carbons (Fsp3) is 0.350. The van der Waals surface area contributed by atoms with Gasteiger partial charge in [0.05, 0.1) is 13.2 Å². The third kappa shape index (κ3) is 6.42. The van der Waals surface area contributed by atoms with Crippen molar-refractivity contribution >= 4 is 5.97 Å². The Morgan fingerprint density at radius 2 is 1.50 bits per heavy atom. The highest BCUT2D eigenvalue weighted by atomic mass is 16.5. The number of hydrogen-bond donors (Lipinski definition) is 1. The van der Waals surface area contributed by atoms with Crippen molar-refractivity contribution in [2.45, 2.75) is 32.3 Å². The lowest BCUT2D eigenvalue weighted by Gasteiger charge is -2.09. The van der Waals surface area contributed by atoms with Crippen LogP contribution in [0.5, 0.6) is 5.75 Å². The van der Waals surface area contributed by atoms with Gasteiger partial charge < -0.3 is 14.6 Å². The van der Waals surface area contributed by atoms with Gasteiger partial charge in [-0.1, -0.05) is 48.9 Å². The molecule has 0 saturated heterocycles. The number of benzene rings is 2. The number of hydrogen-bond acceptors (Lipinski definition) is 3. The van der Waals surface area contributed by atoms with Gasteiger partial charge in [-0.2, -0.15) is 0 Å². The van der Waals surface area contributed by atoms with Crippen molar-refractivity contribution < 1.29 is 19.4 Å². The highest BCUT2D eigenvalue weighted by Crippen LogP contribution is 2.18. The maximum absolute atomic E-state index is 11.1. The molecule has 0 unspecified atom stereocenters. The molecular formula is C20H24O4. The van der Waals surface area contributed by atoms with E-state index < -0.39 is 5.97 Å². The van der Waals surface area contributed by atoms with Gasteiger partial charge in [-0.25, -0.2) is 4.79 Å². The Balaban J connectivity index is 1.51. The van der Waals surface area contributed by atoms with Crippen molar-refractivity contribution in [1.82, 2.24) is 0 Å². The summed E-state index contributed by atoms with van der Waals surface area (Å²) in [5.74, 6) is -0.516. The van der Waals surface area contributed by atoms with E-state index in [9.17, 15) is 4.79 Å². The smallest absolute Gasteiger partial charge is 0.339 e. The topological polar surface area (TPSA) is 55.8 Å². The molecule has 24 heavy (non-hydrogen) atoms. The molecule has 4 heteroatoms. The summed E-state index contributed by atoms with van der Waals surface area (Å²) in [6, 6.07) is 16.9. The average Bonchev–Trinajstić information content (AvgIpc) is 2.61. The first-order chi connectivity index (χ1) is 11.8. The maximum Gasteiger partial charge on any atom is 0.339 e. The zero-order chi connectivity index (χ0) is 17.0. The largest absolute Gasteiger partial charge is 0.493 e. The summed E-state index contributed by atoms with van der Waals surface area (Å²) in [6.45, 7) is 1.96. The van der Waals surface area contributed by atoms with E-state index in [-0.39, 0.29) is 5.56 Å². The number of unbranched alkanes of at least 4 members (excludes halogenated alkanes) is 3. The van der Waals surface area contributed by atoms with Gasteiger partial charge >= 0.3 is 5.97 Å². The average molecular weight is 328 g/mol. The van der Waals surface area contributed by atoms with E-state index in [1.54, 1.807) is 24.3 Å². The van der Waals surface area contributed by atoms with Crippen LogP contribution in [0.25, 0.3) is 0 Å². The monoisotopic (exact) mass is 328 g/mol. The molecular weight excluding hydrogens is 304 g/mol. The van der Waals surface area contributed by atoms with Gasteiger partial charge in [-0.3, -0.25) is 0 Å². The molecule has 0 radical (unpaired) electrons. The number of carboxylic acid groups (broad SMARTS) is 1. The molecule has 0 aliphatic carbocycles. The van der Waals surface area contributed by atoms with Crippen LogP contribution < -0.4 is 4.74 Å². The molecule has 128 valence electrons. The minimum atomic E-state index is -0.957. The molecule has 0 amide bonds. The van der Waals surface area contributed by atoms with Crippen LogP contribution in [-0.2, 0) is 11.3 Å². The van der Waals surface area contributed by atoms with Crippen LogP contribution >= 0.6 is 0 Å². The number of carboxylic acids is 1. The quantitative estimate of drug-likeness (QED) is 0.615. The minimum absolute atomic E-state index is 0.215. The van der Waals surface area contributed by atoms with Crippen LogP contribution in [0.4, 0.5) is 0 Å². The molecule has 0 aromatic heterocycles. The van der Waals surface area contributed by atoms with Crippen LogP contribution in [0.15, 0.2) is 54.6 Å². The molecule has 0 bridgehead atoms. The van der Waals surface area contributed by atoms with Crippen molar-refractivity contribution in [3.8, 4) is 5.75 Å². The number of para-hydroxylation sites is 1. The Morgan fingerprint density at radius 1 is 0.833 bits per heavy atom. The molecule has 0 saturated carbocycles. The number of ether oxygens (including phenoxy) is 2. The van der Waals surface area contributed by atoms with Crippen molar-refractivity contribution in [3.05, 3.63) is 65.7 Å². The normalized spacial score (nSPS) is 10.5. The number of carbonyl (C=O) groups is 1. The Kier molecular flexibility index (Phi) is 7.84. The molecule has 2 aromatic rings. The summed E-state index contributed by atoms with van der Waals surface area (Å²) in [7, 11) is 0. The van der Waals surface area contributed by atoms with E-state index in [0.717, 1.165) is 32.3 Å². The summed E-state index contributed by atoms with van der Waals surface area (Å²) >= 11 is 0. The third-order valence-corrected chi connectivity index (χ3v) is 3.67. The van der Waals surface area contributed by atoms with E-state index in [2.05, 4.69) is 12.1 Å². The molecule has 0 aliphatic heterocycles. The highest BCUT2D eigenvalue weighted by Gasteiger charge is 2.09. The summed E-state index contributed by atoms with van der Waals surface area (Å²) in [5, 5.41) is 9.08. The van der Waals surface area contributed by atoms with Crippen molar-refractivity contribution in [1.29, 1.82) is 0 Å². The second kappa shape index (κ2) is 10.4. The van der Waals surface area contributed by atoms with Gasteiger partial charge in [0.15, 0.2) is 0 Å². The van der Waals surface area contributed by atoms with Gasteiger partial charge in [-0.15, -0.1) is 0 Å². The molecule has 0 atom stereocenters. The van der Waals surface area contributed by atoms with Crippen LogP contribution in [0.3, 0.4) is 0 Å². The maximum atomic E-state index is 11.1. The van der Waals surface area contributed by atoms with Crippen LogP contribution in [0, 0.1) is 0 Å². The summed E-state index contributed by atoms with van der Waals surface area (Å²) < 4.78 is 11.2. The van der Waals surface area contributed by atoms with E-state index >= 15 is 0 Å². The van der Waals surface area contributed by atoms with Gasteiger partial charge in [0.25, 0.3) is 0 Å². The van der Waals surface area contributed by atoms with E-state index in [1.807, 2.05) is 18.2 Å². The van der Waals surface area contributed by atoms with Crippen LogP contribution in [-0.4, -0.2) is 24.3 Å². The van der Waals surface area contributed by atoms with Crippen molar-refractivity contribution in [3.63, 3.8) is 0 Å².